The van der Waals surface area contributed by atoms with Crippen LogP contribution in [0.1, 0.15) is 42.4 Å². The van der Waals surface area contributed by atoms with E-state index in [0.717, 1.165) is 12.8 Å². The van der Waals surface area contributed by atoms with E-state index in [9.17, 15) is 27.5 Å². The number of pyridine rings is 1. The van der Waals surface area contributed by atoms with Gasteiger partial charge in [-0.3, -0.25) is 9.89 Å². The van der Waals surface area contributed by atoms with Gasteiger partial charge in [0.15, 0.2) is 0 Å². The minimum absolute atomic E-state index is 0.0281. The maximum atomic E-state index is 14.5. The number of halogens is 4. The summed E-state index contributed by atoms with van der Waals surface area (Å²) in [7, 11) is 0. The maximum Gasteiger partial charge on any atom is 0.393 e. The molecule has 240 valence electrons. The molecule has 3 heterocycles. The van der Waals surface area contributed by atoms with Crippen LogP contribution in [0.5, 0.6) is 5.88 Å². The number of hydrogen-bond donors (Lipinski definition) is 3. The Kier molecular flexibility index (Phi) is 8.92. The quantitative estimate of drug-likeness (QED) is 0.112. The fraction of sp³-hybridized carbons (Fsp3) is 0.324. The molecule has 1 aliphatic heterocycles. The molecule has 8 nitrogen and oxygen atoms in total. The molecule has 2 aromatic carbocycles. The highest BCUT2D eigenvalue weighted by atomic mass is 19.4. The summed E-state index contributed by atoms with van der Waals surface area (Å²) in [4.78, 5) is 18.3. The van der Waals surface area contributed by atoms with Gasteiger partial charge in [0.1, 0.15) is 6.61 Å². The van der Waals surface area contributed by atoms with E-state index in [4.69, 9.17) is 4.74 Å². The van der Waals surface area contributed by atoms with Crippen LogP contribution in [0.2, 0.25) is 0 Å². The molecule has 0 bridgehead atoms. The summed E-state index contributed by atoms with van der Waals surface area (Å²) in [5.74, 6) is -0.494. The Labute approximate surface area is 262 Å². The molecule has 1 atom stereocenters. The van der Waals surface area contributed by atoms with Crippen LogP contribution in [0.3, 0.4) is 0 Å². The number of aliphatic hydroxyl groups excluding tert-OH is 1. The number of rotatable bonds is 11. The molecule has 1 saturated carbocycles. The van der Waals surface area contributed by atoms with Crippen molar-refractivity contribution in [2.75, 3.05) is 26.2 Å². The van der Waals surface area contributed by atoms with Crippen molar-refractivity contribution in [3.05, 3.63) is 102 Å². The SMILES string of the molecule is O=C(/C=C/CNC1(COc2ccc(/C(=C(/CC(F)(F)F)c3ccccc3)c3ccc4n[nH]c(F)c4c3)cn2)CC1)N1CCC(O)C1. The number of aromatic amines is 1. The van der Waals surface area contributed by atoms with Crippen molar-refractivity contribution in [2.45, 2.75) is 43.5 Å². The van der Waals surface area contributed by atoms with Crippen molar-refractivity contribution in [1.82, 2.24) is 25.4 Å². The van der Waals surface area contributed by atoms with Crippen LogP contribution in [0.25, 0.3) is 22.0 Å². The first-order valence-corrected chi connectivity index (χ1v) is 15.1. The number of likely N-dealkylation sites (tertiary alicyclic amines) is 1. The number of benzene rings is 2. The number of amides is 1. The Balaban J connectivity index is 1.21. The Hall–Kier alpha value is -4.55. The second-order valence-corrected chi connectivity index (χ2v) is 11.7. The van der Waals surface area contributed by atoms with E-state index in [0.29, 0.717) is 60.7 Å². The Morgan fingerprint density at radius 1 is 1.11 bits per heavy atom. The van der Waals surface area contributed by atoms with Gasteiger partial charge < -0.3 is 20.1 Å². The number of aromatic nitrogens is 3. The first kappa shape index (κ1) is 31.4. The fourth-order valence-corrected chi connectivity index (χ4v) is 5.66. The van der Waals surface area contributed by atoms with Crippen molar-refractivity contribution in [3.8, 4) is 5.88 Å². The van der Waals surface area contributed by atoms with E-state index in [1.54, 1.807) is 65.6 Å². The summed E-state index contributed by atoms with van der Waals surface area (Å²) >= 11 is 0. The lowest BCUT2D eigenvalue weighted by Gasteiger charge is -2.19. The molecule has 6 rings (SSSR count). The van der Waals surface area contributed by atoms with Crippen LogP contribution in [0, 0.1) is 5.95 Å². The number of nitrogens with zero attached hydrogens (tertiary/aromatic N) is 3. The van der Waals surface area contributed by atoms with Crippen molar-refractivity contribution < 1.29 is 32.2 Å². The zero-order chi connectivity index (χ0) is 32.3. The second-order valence-electron chi connectivity index (χ2n) is 11.7. The van der Waals surface area contributed by atoms with Crippen molar-refractivity contribution in [1.29, 1.82) is 0 Å². The van der Waals surface area contributed by atoms with E-state index >= 15 is 0 Å². The largest absolute Gasteiger partial charge is 0.476 e. The van der Waals surface area contributed by atoms with Crippen LogP contribution < -0.4 is 10.1 Å². The molecule has 0 spiro atoms. The van der Waals surface area contributed by atoms with Gasteiger partial charge in [0, 0.05) is 43.5 Å². The van der Waals surface area contributed by atoms with Crippen LogP contribution in [-0.2, 0) is 4.79 Å². The van der Waals surface area contributed by atoms with Gasteiger partial charge in [0.25, 0.3) is 0 Å². The number of β-amino-alcohol motifs (C(OH)–C–C–N with tert-alkyl or cyclic N) is 1. The zero-order valence-corrected chi connectivity index (χ0v) is 24.9. The molecule has 1 saturated heterocycles. The first-order chi connectivity index (χ1) is 22.1. The normalized spacial score (nSPS) is 18.3. The van der Waals surface area contributed by atoms with Gasteiger partial charge in [0.05, 0.1) is 29.0 Å². The first-order valence-electron chi connectivity index (χ1n) is 15.1. The number of H-pyrrole nitrogens is 1. The number of allylic oxidation sites excluding steroid dienone is 1. The number of aliphatic hydroxyl groups is 1. The Morgan fingerprint density at radius 3 is 2.57 bits per heavy atom. The van der Waals surface area contributed by atoms with E-state index in [2.05, 4.69) is 20.5 Å². The average Bonchev–Trinajstić information content (AvgIpc) is 3.52. The van der Waals surface area contributed by atoms with Crippen molar-refractivity contribution >= 4 is 28.0 Å². The van der Waals surface area contributed by atoms with Gasteiger partial charge >= 0.3 is 6.18 Å². The molecular formula is C34H33F4N5O3. The van der Waals surface area contributed by atoms with Gasteiger partial charge in [-0.15, -0.1) is 0 Å². The van der Waals surface area contributed by atoms with E-state index in [1.165, 1.54) is 18.3 Å². The molecular weight excluding hydrogens is 602 g/mol. The Morgan fingerprint density at radius 2 is 1.89 bits per heavy atom. The van der Waals surface area contributed by atoms with Crippen molar-refractivity contribution in [2.24, 2.45) is 0 Å². The minimum Gasteiger partial charge on any atom is -0.476 e. The highest BCUT2D eigenvalue weighted by Crippen LogP contribution is 2.40. The Bertz CT molecular complexity index is 1750. The molecule has 1 aliphatic carbocycles. The molecule has 1 amide bonds. The lowest BCUT2D eigenvalue weighted by atomic mass is 9.88. The summed E-state index contributed by atoms with van der Waals surface area (Å²) in [6.45, 7) is 1.69. The third-order valence-electron chi connectivity index (χ3n) is 8.30. The second kappa shape index (κ2) is 13.1. The average molecular weight is 636 g/mol. The molecule has 1 unspecified atom stereocenters. The highest BCUT2D eigenvalue weighted by Gasteiger charge is 2.43. The summed E-state index contributed by atoms with van der Waals surface area (Å²) in [6, 6.07) is 16.3. The molecule has 2 aromatic heterocycles. The highest BCUT2D eigenvalue weighted by molar-refractivity contribution is 6.00. The minimum atomic E-state index is -4.51. The predicted molar refractivity (Wildman–Crippen MR) is 165 cm³/mol. The summed E-state index contributed by atoms with van der Waals surface area (Å²) in [5.41, 5.74) is 1.59. The molecule has 2 aliphatic rings. The number of alkyl halides is 3. The van der Waals surface area contributed by atoms with E-state index < -0.39 is 24.6 Å². The zero-order valence-electron chi connectivity index (χ0n) is 24.9. The monoisotopic (exact) mass is 635 g/mol. The predicted octanol–water partition coefficient (Wildman–Crippen LogP) is 5.66. The third-order valence-corrected chi connectivity index (χ3v) is 8.30. The topological polar surface area (TPSA) is 103 Å². The number of hydrogen-bond acceptors (Lipinski definition) is 6. The lowest BCUT2D eigenvalue weighted by molar-refractivity contribution is -0.125. The van der Waals surface area contributed by atoms with E-state index in [-0.39, 0.29) is 28.0 Å². The fourth-order valence-electron chi connectivity index (χ4n) is 5.66. The third kappa shape index (κ3) is 7.45. The number of ether oxygens (including phenoxy) is 1. The van der Waals surface area contributed by atoms with Gasteiger partial charge in [0.2, 0.25) is 17.7 Å². The van der Waals surface area contributed by atoms with Gasteiger partial charge in [-0.25, -0.2) is 4.98 Å². The van der Waals surface area contributed by atoms with Crippen LogP contribution in [-0.4, -0.2) is 75.2 Å². The number of fused-ring (bicyclic) bond motifs is 1. The van der Waals surface area contributed by atoms with Gasteiger partial charge in [-0.05, 0) is 59.7 Å². The smallest absolute Gasteiger partial charge is 0.393 e. The lowest BCUT2D eigenvalue weighted by Crippen LogP contribution is -2.37. The van der Waals surface area contributed by atoms with Crippen LogP contribution in [0.15, 0.2) is 79.0 Å². The van der Waals surface area contributed by atoms with Crippen LogP contribution in [0.4, 0.5) is 17.6 Å². The summed E-state index contributed by atoms with van der Waals surface area (Å²) < 4.78 is 62.4. The molecule has 12 heteroatoms. The standard InChI is InChI=1S/C34H33F4N5O3/c35-32-26-17-23(8-10-28(26)41-42-32)31(27(18-34(36,37)38)22-5-2-1-3-6-22)24-9-11-29(39-19-24)46-21-33(13-14-33)40-15-4-7-30(45)43-16-12-25(44)20-43/h1-11,17,19,25,40,44H,12-16,18,20-21H2,(H,41,42)/b7-4+,31-27-. The van der Waals surface area contributed by atoms with E-state index in [1.807, 2.05) is 0 Å². The molecule has 4 aromatic rings. The molecule has 3 N–H and O–H groups in total. The van der Waals surface area contributed by atoms with Crippen molar-refractivity contribution in [3.63, 3.8) is 0 Å². The summed E-state index contributed by atoms with van der Waals surface area (Å²) in [6.07, 6.45) is 0.902. The number of carbonyl (C=O) groups is 1. The van der Waals surface area contributed by atoms with Gasteiger partial charge in [-0.1, -0.05) is 42.5 Å². The molecule has 0 radical (unpaired) electrons. The maximum absolute atomic E-state index is 14.5. The molecule has 46 heavy (non-hydrogen) atoms. The number of carbonyl (C=O) groups excluding carboxylic acids is 1. The number of nitrogens with one attached hydrogen (secondary N) is 2. The van der Waals surface area contributed by atoms with Gasteiger partial charge in [-0.2, -0.15) is 22.7 Å². The van der Waals surface area contributed by atoms with Crippen LogP contribution >= 0.6 is 0 Å². The summed E-state index contributed by atoms with van der Waals surface area (Å²) in [5, 5.41) is 19.4. The molecule has 2 fully saturated rings.